The summed E-state index contributed by atoms with van der Waals surface area (Å²) < 4.78 is 7.16. The molecule has 0 spiro atoms. The molecule has 5 heteroatoms. The van der Waals surface area contributed by atoms with Gasteiger partial charge in [0.2, 0.25) is 0 Å². The fourth-order valence-electron chi connectivity index (χ4n) is 2.03. The highest BCUT2D eigenvalue weighted by atomic mass is 127. The summed E-state index contributed by atoms with van der Waals surface area (Å²) in [4.78, 5) is 14.3. The highest BCUT2D eigenvalue weighted by Gasteiger charge is 2.16. The van der Waals surface area contributed by atoms with Gasteiger partial charge in [0.05, 0.1) is 12.7 Å². The molecule has 21 heavy (non-hydrogen) atoms. The summed E-state index contributed by atoms with van der Waals surface area (Å²) in [6.45, 7) is 0.501. The Labute approximate surface area is 146 Å². The van der Waals surface area contributed by atoms with Gasteiger partial charge in [0.1, 0.15) is 5.75 Å². The number of para-hydroxylation sites is 1. The van der Waals surface area contributed by atoms with Gasteiger partial charge in [-0.2, -0.15) is 0 Å². The summed E-state index contributed by atoms with van der Waals surface area (Å²) in [5.74, 6) is 0.769. The molecule has 2 aromatic rings. The third-order valence-electron chi connectivity index (χ3n) is 3.11. The topological polar surface area (TPSA) is 29.5 Å². The Bertz CT molecular complexity index is 660. The first-order valence-corrected chi connectivity index (χ1v) is 8.22. The lowest BCUT2D eigenvalue weighted by Crippen LogP contribution is -2.26. The summed E-state index contributed by atoms with van der Waals surface area (Å²) in [5.41, 5.74) is 1.65. The molecule has 110 valence electrons. The molecule has 0 saturated heterocycles. The van der Waals surface area contributed by atoms with E-state index in [0.717, 1.165) is 19.4 Å². The second-order valence-corrected chi connectivity index (χ2v) is 6.70. The molecular weight excluding hydrogens is 445 g/mol. The number of methoxy groups -OCH3 is 1. The van der Waals surface area contributed by atoms with Crippen LogP contribution < -0.4 is 4.74 Å². The number of halogens is 2. The Morgan fingerprint density at radius 1 is 1.29 bits per heavy atom. The molecule has 0 aliphatic carbocycles. The lowest BCUT2D eigenvalue weighted by atomic mass is 10.1. The van der Waals surface area contributed by atoms with Gasteiger partial charge in [0, 0.05) is 27.2 Å². The predicted molar refractivity (Wildman–Crippen MR) is 95.7 cm³/mol. The minimum Gasteiger partial charge on any atom is -0.496 e. The maximum atomic E-state index is 12.6. The molecule has 0 bridgehead atoms. The molecule has 0 aliphatic heterocycles. The van der Waals surface area contributed by atoms with Crippen molar-refractivity contribution in [3.8, 4) is 5.75 Å². The van der Waals surface area contributed by atoms with Crippen LogP contribution in [0.1, 0.15) is 15.9 Å². The van der Waals surface area contributed by atoms with Crippen molar-refractivity contribution in [2.24, 2.45) is 0 Å². The molecule has 0 radical (unpaired) electrons. The van der Waals surface area contributed by atoms with E-state index in [4.69, 9.17) is 4.74 Å². The largest absolute Gasteiger partial charge is 0.496 e. The van der Waals surface area contributed by atoms with Crippen LogP contribution in [0.5, 0.6) is 5.75 Å². The standard InChI is InChI=1S/C16H15BrINO2/c1-19(10-11-5-3-4-6-15(11)21-2)16(20)13-9-12(18)7-8-14(13)17/h3-9H,10H2,1-2H3. The zero-order chi connectivity index (χ0) is 15.4. The first-order valence-electron chi connectivity index (χ1n) is 6.35. The molecular formula is C16H15BrINO2. The van der Waals surface area contributed by atoms with Crippen LogP contribution in [0.3, 0.4) is 0 Å². The van der Waals surface area contributed by atoms with Gasteiger partial charge >= 0.3 is 0 Å². The van der Waals surface area contributed by atoms with Gasteiger partial charge in [-0.15, -0.1) is 0 Å². The van der Waals surface area contributed by atoms with Gasteiger partial charge in [0.15, 0.2) is 0 Å². The second kappa shape index (κ2) is 7.26. The summed E-state index contributed by atoms with van der Waals surface area (Å²) in [5, 5.41) is 0. The van der Waals surface area contributed by atoms with Crippen molar-refractivity contribution < 1.29 is 9.53 Å². The smallest absolute Gasteiger partial charge is 0.255 e. The number of rotatable bonds is 4. The van der Waals surface area contributed by atoms with Gasteiger partial charge in [-0.25, -0.2) is 0 Å². The monoisotopic (exact) mass is 459 g/mol. The van der Waals surface area contributed by atoms with Crippen molar-refractivity contribution in [3.63, 3.8) is 0 Å². The fraction of sp³-hybridized carbons (Fsp3) is 0.188. The van der Waals surface area contributed by atoms with Gasteiger partial charge in [-0.3, -0.25) is 4.79 Å². The fourth-order valence-corrected chi connectivity index (χ4v) is 2.94. The molecule has 2 aromatic carbocycles. The van der Waals surface area contributed by atoms with Crippen molar-refractivity contribution in [1.29, 1.82) is 0 Å². The predicted octanol–water partition coefficient (Wildman–Crippen LogP) is 4.33. The van der Waals surface area contributed by atoms with E-state index in [2.05, 4.69) is 38.5 Å². The molecule has 0 unspecified atom stereocenters. The highest BCUT2D eigenvalue weighted by Crippen LogP contribution is 2.23. The van der Waals surface area contributed by atoms with E-state index in [1.54, 1.807) is 19.1 Å². The number of hydrogen-bond donors (Lipinski definition) is 0. The molecule has 0 aromatic heterocycles. The lowest BCUT2D eigenvalue weighted by Gasteiger charge is -2.19. The van der Waals surface area contributed by atoms with Crippen molar-refractivity contribution in [3.05, 3.63) is 61.6 Å². The van der Waals surface area contributed by atoms with Crippen LogP contribution in [0, 0.1) is 3.57 Å². The first kappa shape index (κ1) is 16.3. The Hall–Kier alpha value is -1.08. The van der Waals surface area contributed by atoms with Crippen molar-refractivity contribution in [2.45, 2.75) is 6.54 Å². The van der Waals surface area contributed by atoms with Crippen molar-refractivity contribution in [1.82, 2.24) is 4.90 Å². The van der Waals surface area contributed by atoms with Crippen LogP contribution in [-0.2, 0) is 6.54 Å². The van der Waals surface area contributed by atoms with E-state index in [0.29, 0.717) is 12.1 Å². The minimum atomic E-state index is -0.0219. The Morgan fingerprint density at radius 2 is 2.00 bits per heavy atom. The first-order chi connectivity index (χ1) is 10.0. The van der Waals surface area contributed by atoms with Gasteiger partial charge < -0.3 is 9.64 Å². The van der Waals surface area contributed by atoms with Crippen LogP contribution in [-0.4, -0.2) is 25.0 Å². The van der Waals surface area contributed by atoms with E-state index in [-0.39, 0.29) is 5.91 Å². The highest BCUT2D eigenvalue weighted by molar-refractivity contribution is 14.1. The lowest BCUT2D eigenvalue weighted by molar-refractivity contribution is 0.0783. The second-order valence-electron chi connectivity index (χ2n) is 4.60. The van der Waals surface area contributed by atoms with Crippen LogP contribution in [0.4, 0.5) is 0 Å². The van der Waals surface area contributed by atoms with Crippen LogP contribution in [0.25, 0.3) is 0 Å². The molecule has 0 heterocycles. The Balaban J connectivity index is 2.22. The number of carbonyl (C=O) groups is 1. The zero-order valence-corrected chi connectivity index (χ0v) is 15.5. The van der Waals surface area contributed by atoms with Crippen molar-refractivity contribution >= 4 is 44.4 Å². The maximum absolute atomic E-state index is 12.6. The summed E-state index contributed by atoms with van der Waals surface area (Å²) in [6.07, 6.45) is 0. The number of ether oxygens (including phenoxy) is 1. The van der Waals surface area contributed by atoms with Gasteiger partial charge in [-0.05, 0) is 62.8 Å². The Morgan fingerprint density at radius 3 is 2.71 bits per heavy atom. The van der Waals surface area contributed by atoms with Gasteiger partial charge in [0.25, 0.3) is 5.91 Å². The number of hydrogen-bond acceptors (Lipinski definition) is 2. The molecule has 0 atom stereocenters. The average Bonchev–Trinajstić information content (AvgIpc) is 2.49. The quantitative estimate of drug-likeness (QED) is 0.636. The number of benzene rings is 2. The Kier molecular flexibility index (Phi) is 5.64. The molecule has 1 amide bonds. The molecule has 0 aliphatic rings. The third-order valence-corrected chi connectivity index (χ3v) is 4.47. The maximum Gasteiger partial charge on any atom is 0.255 e. The summed E-state index contributed by atoms with van der Waals surface area (Å²) >= 11 is 5.64. The van der Waals surface area contributed by atoms with E-state index >= 15 is 0 Å². The van der Waals surface area contributed by atoms with Crippen LogP contribution >= 0.6 is 38.5 Å². The zero-order valence-electron chi connectivity index (χ0n) is 11.8. The molecule has 3 nitrogen and oxygen atoms in total. The van der Waals surface area contributed by atoms with Gasteiger partial charge in [-0.1, -0.05) is 18.2 Å². The van der Waals surface area contributed by atoms with Crippen LogP contribution in [0.15, 0.2) is 46.9 Å². The van der Waals surface area contributed by atoms with E-state index in [1.165, 1.54) is 0 Å². The third kappa shape index (κ3) is 3.97. The summed E-state index contributed by atoms with van der Waals surface area (Å²) in [6, 6.07) is 13.5. The SMILES string of the molecule is COc1ccccc1CN(C)C(=O)c1cc(I)ccc1Br. The molecule has 0 saturated carbocycles. The van der Waals surface area contributed by atoms with Crippen molar-refractivity contribution in [2.75, 3.05) is 14.2 Å². The number of amides is 1. The van der Waals surface area contributed by atoms with E-state index in [9.17, 15) is 4.79 Å². The van der Waals surface area contributed by atoms with E-state index in [1.807, 2.05) is 42.5 Å². The van der Waals surface area contributed by atoms with Crippen LogP contribution in [0.2, 0.25) is 0 Å². The molecule has 0 fully saturated rings. The summed E-state index contributed by atoms with van der Waals surface area (Å²) in [7, 11) is 3.43. The normalized spacial score (nSPS) is 10.3. The molecule has 0 N–H and O–H groups in total. The number of carbonyl (C=O) groups excluding carboxylic acids is 1. The van der Waals surface area contributed by atoms with E-state index < -0.39 is 0 Å². The number of nitrogens with zero attached hydrogens (tertiary/aromatic N) is 1. The minimum absolute atomic E-state index is 0.0219. The molecule has 2 rings (SSSR count). The average molecular weight is 460 g/mol.